The zero-order valence-corrected chi connectivity index (χ0v) is 32.2. The Kier molecular flexibility index (Phi) is 8.42. The second-order valence-corrected chi connectivity index (χ2v) is 14.8. The van der Waals surface area contributed by atoms with Crippen molar-refractivity contribution >= 4 is 49.2 Å². The van der Waals surface area contributed by atoms with E-state index >= 15 is 0 Å². The summed E-state index contributed by atoms with van der Waals surface area (Å²) in [6.45, 7) is 7.49. The number of rotatable bonds is 6. The van der Waals surface area contributed by atoms with Crippen LogP contribution in [0.5, 0.6) is 0 Å². The Balaban J connectivity index is 0.945. The highest BCUT2D eigenvalue weighted by Crippen LogP contribution is 2.39. The molecule has 0 radical (unpaired) electrons. The highest BCUT2D eigenvalue weighted by Gasteiger charge is 2.16. The molecule has 278 valence electrons. The second kappa shape index (κ2) is 14.5. The molecule has 8 aromatic carbocycles. The number of hydrogen-bond acceptors (Lipinski definition) is 5. The summed E-state index contributed by atoms with van der Waals surface area (Å²) in [5, 5.41) is 5.34. The normalized spacial score (nSPS) is 11.3. The molecule has 11 rings (SSSR count). The molecular weight excluding hydrogens is 733 g/mol. The fraction of sp³-hybridized carbons (Fsp3) is 0. The van der Waals surface area contributed by atoms with Gasteiger partial charge in [-0.05, 0) is 79.9 Å². The van der Waals surface area contributed by atoms with Crippen LogP contribution in [0.2, 0.25) is 0 Å². The lowest BCUT2D eigenvalue weighted by molar-refractivity contribution is 1.07. The molecule has 0 saturated heterocycles. The van der Waals surface area contributed by atoms with Crippen LogP contribution in [0.4, 0.5) is 5.69 Å². The standard InChI is InChI=1S/C54H32N6/c1-55-42-26-29-49-40(32-42)31-41-33-48(47-17-10-30-56-51(47)50(41)57-49)36-20-18-34(19-21-36)43-27-28-44(46-16-9-8-15-45(43)46)35-22-24-39(25-23-35)54-59-52(37-11-4-2-5-12-37)58-53(60-54)38-13-6-3-7-14-38/h2-33H. The molecule has 0 bridgehead atoms. The van der Waals surface area contributed by atoms with Crippen LogP contribution in [-0.2, 0) is 0 Å². The summed E-state index contributed by atoms with van der Waals surface area (Å²) in [5.41, 5.74) is 12.7. The lowest BCUT2D eigenvalue weighted by atomic mass is 9.90. The summed E-state index contributed by atoms with van der Waals surface area (Å²) < 4.78 is 0. The summed E-state index contributed by atoms with van der Waals surface area (Å²) in [6.07, 6.45) is 1.82. The van der Waals surface area contributed by atoms with Gasteiger partial charge in [-0.15, -0.1) is 0 Å². The molecule has 3 aromatic heterocycles. The van der Waals surface area contributed by atoms with Crippen LogP contribution in [0, 0.1) is 6.57 Å². The quantitative estimate of drug-likeness (QED) is 0.0958. The molecule has 0 aliphatic rings. The molecular formula is C54H32N6. The van der Waals surface area contributed by atoms with Crippen molar-refractivity contribution in [3.63, 3.8) is 0 Å². The smallest absolute Gasteiger partial charge is 0.187 e. The predicted octanol–water partition coefficient (Wildman–Crippen LogP) is 13.8. The highest BCUT2D eigenvalue weighted by atomic mass is 15.0. The Morgan fingerprint density at radius 2 is 0.850 bits per heavy atom. The van der Waals surface area contributed by atoms with Crippen molar-refractivity contribution in [3.05, 3.63) is 206 Å². The van der Waals surface area contributed by atoms with Crippen molar-refractivity contribution in [1.29, 1.82) is 0 Å². The first-order chi connectivity index (χ1) is 29.7. The topological polar surface area (TPSA) is 68.8 Å². The second-order valence-electron chi connectivity index (χ2n) is 14.8. The molecule has 0 aliphatic carbocycles. The van der Waals surface area contributed by atoms with Crippen LogP contribution in [0.25, 0.3) is 116 Å². The first kappa shape index (κ1) is 34.8. The number of aromatic nitrogens is 5. The Morgan fingerprint density at radius 1 is 0.350 bits per heavy atom. The third kappa shape index (κ3) is 6.19. The maximum atomic E-state index is 7.49. The molecule has 6 nitrogen and oxygen atoms in total. The summed E-state index contributed by atoms with van der Waals surface area (Å²) >= 11 is 0. The van der Waals surface area contributed by atoms with E-state index in [1.54, 1.807) is 0 Å². The van der Waals surface area contributed by atoms with E-state index in [1.807, 2.05) is 91.1 Å². The molecule has 0 unspecified atom stereocenters. The van der Waals surface area contributed by atoms with Crippen LogP contribution < -0.4 is 0 Å². The number of pyridine rings is 2. The fourth-order valence-electron chi connectivity index (χ4n) is 8.20. The van der Waals surface area contributed by atoms with Gasteiger partial charge in [-0.2, -0.15) is 0 Å². The number of benzene rings is 8. The Morgan fingerprint density at radius 3 is 1.42 bits per heavy atom. The molecule has 0 saturated carbocycles. The van der Waals surface area contributed by atoms with Gasteiger partial charge in [0.1, 0.15) is 0 Å². The molecule has 0 atom stereocenters. The summed E-state index contributed by atoms with van der Waals surface area (Å²) in [5.74, 6) is 1.92. The van der Waals surface area contributed by atoms with Gasteiger partial charge in [0.2, 0.25) is 0 Å². The van der Waals surface area contributed by atoms with Gasteiger partial charge in [-0.25, -0.2) is 24.8 Å². The van der Waals surface area contributed by atoms with Crippen molar-refractivity contribution < 1.29 is 0 Å². The first-order valence-electron chi connectivity index (χ1n) is 19.8. The van der Waals surface area contributed by atoms with Gasteiger partial charge < -0.3 is 0 Å². The van der Waals surface area contributed by atoms with E-state index < -0.39 is 0 Å². The Labute approximate surface area is 346 Å². The Hall–Kier alpha value is -8.40. The SMILES string of the molecule is [C-]#[N+]c1ccc2nc3c(cc(-c4ccc(-c5ccc(-c6ccc(-c7nc(-c8ccccc8)nc(-c8ccccc8)n7)cc6)c6ccccc56)cc4)c4cccnc43)cc2c1. The van der Waals surface area contributed by atoms with E-state index in [0.29, 0.717) is 23.2 Å². The minimum Gasteiger partial charge on any atom is -0.254 e. The molecule has 0 spiro atoms. The average Bonchev–Trinajstić information content (AvgIpc) is 3.33. The molecule has 11 aromatic rings. The van der Waals surface area contributed by atoms with Gasteiger partial charge in [-0.3, -0.25) is 4.98 Å². The van der Waals surface area contributed by atoms with Gasteiger partial charge >= 0.3 is 0 Å². The fourth-order valence-corrected chi connectivity index (χ4v) is 8.20. The first-order valence-corrected chi connectivity index (χ1v) is 19.8. The lowest BCUT2D eigenvalue weighted by Gasteiger charge is -2.14. The van der Waals surface area contributed by atoms with Crippen LogP contribution in [-0.4, -0.2) is 24.9 Å². The maximum absolute atomic E-state index is 7.49. The predicted molar refractivity (Wildman–Crippen MR) is 244 cm³/mol. The van der Waals surface area contributed by atoms with Gasteiger partial charge in [0.25, 0.3) is 0 Å². The van der Waals surface area contributed by atoms with Gasteiger partial charge in [0.15, 0.2) is 23.2 Å². The van der Waals surface area contributed by atoms with E-state index in [2.05, 4.69) is 108 Å². The van der Waals surface area contributed by atoms with Gasteiger partial charge in [0.05, 0.1) is 23.1 Å². The molecule has 0 N–H and O–H groups in total. The van der Waals surface area contributed by atoms with E-state index in [4.69, 9.17) is 31.5 Å². The summed E-state index contributed by atoms with van der Waals surface area (Å²) in [6, 6.07) is 64.6. The van der Waals surface area contributed by atoms with Crippen LogP contribution >= 0.6 is 0 Å². The van der Waals surface area contributed by atoms with Crippen molar-refractivity contribution in [3.8, 4) is 67.5 Å². The van der Waals surface area contributed by atoms with Crippen LogP contribution in [0.3, 0.4) is 0 Å². The molecule has 3 heterocycles. The largest absolute Gasteiger partial charge is 0.254 e. The van der Waals surface area contributed by atoms with Crippen LogP contribution in [0.1, 0.15) is 0 Å². The molecule has 6 heteroatoms. The highest BCUT2D eigenvalue weighted by molar-refractivity contribution is 6.13. The minimum atomic E-state index is 0.601. The summed E-state index contributed by atoms with van der Waals surface area (Å²) in [7, 11) is 0. The molecule has 60 heavy (non-hydrogen) atoms. The van der Waals surface area contributed by atoms with Crippen molar-refractivity contribution in [2.24, 2.45) is 0 Å². The summed E-state index contributed by atoms with van der Waals surface area (Å²) in [4.78, 5) is 28.1. The zero-order valence-electron chi connectivity index (χ0n) is 32.2. The third-order valence-electron chi connectivity index (χ3n) is 11.2. The molecule has 0 fully saturated rings. The monoisotopic (exact) mass is 764 g/mol. The van der Waals surface area contributed by atoms with E-state index in [0.717, 1.165) is 77.2 Å². The number of nitrogens with zero attached hydrogens (tertiary/aromatic N) is 6. The third-order valence-corrected chi connectivity index (χ3v) is 11.2. The number of fused-ring (bicyclic) bond motifs is 5. The molecule has 0 amide bonds. The minimum absolute atomic E-state index is 0.601. The van der Waals surface area contributed by atoms with Crippen molar-refractivity contribution in [2.75, 3.05) is 0 Å². The van der Waals surface area contributed by atoms with E-state index in [-0.39, 0.29) is 0 Å². The van der Waals surface area contributed by atoms with Crippen molar-refractivity contribution in [2.45, 2.75) is 0 Å². The Bertz CT molecular complexity index is 3410. The van der Waals surface area contributed by atoms with Crippen molar-refractivity contribution in [1.82, 2.24) is 24.9 Å². The number of hydrogen-bond donors (Lipinski definition) is 0. The molecule has 0 aliphatic heterocycles. The maximum Gasteiger partial charge on any atom is 0.187 e. The average molecular weight is 765 g/mol. The van der Waals surface area contributed by atoms with E-state index in [1.165, 1.54) is 16.3 Å². The lowest BCUT2D eigenvalue weighted by Crippen LogP contribution is -2.00. The van der Waals surface area contributed by atoms with Gasteiger partial charge in [0, 0.05) is 33.7 Å². The van der Waals surface area contributed by atoms with Crippen LogP contribution in [0.15, 0.2) is 194 Å². The van der Waals surface area contributed by atoms with Gasteiger partial charge in [-0.1, -0.05) is 158 Å². The zero-order chi connectivity index (χ0) is 40.0. The van der Waals surface area contributed by atoms with E-state index in [9.17, 15) is 0 Å².